The highest BCUT2D eigenvalue weighted by Gasteiger charge is 2.38. The van der Waals surface area contributed by atoms with E-state index in [1.807, 2.05) is 12.1 Å². The average molecular weight is 665 g/mol. The van der Waals surface area contributed by atoms with Crippen molar-refractivity contribution in [3.63, 3.8) is 0 Å². The molecule has 5 aromatic carbocycles. The maximum Gasteiger partial charge on any atom is 0.335 e. The van der Waals surface area contributed by atoms with Gasteiger partial charge < -0.3 is 5.11 Å². The first-order valence-corrected chi connectivity index (χ1v) is 18.6. The molecule has 0 spiro atoms. The van der Waals surface area contributed by atoms with Crippen molar-refractivity contribution in [3.05, 3.63) is 142 Å². The normalized spacial score (nSPS) is 18.6. The molecule has 0 bridgehead atoms. The van der Waals surface area contributed by atoms with Gasteiger partial charge in [-0.2, -0.15) is 0 Å². The van der Waals surface area contributed by atoms with E-state index in [1.165, 1.54) is 59.1 Å². The van der Waals surface area contributed by atoms with Crippen LogP contribution >= 0.6 is 0 Å². The molecule has 0 fully saturated rings. The number of carbonyl (C=O) groups is 1. The molecule has 0 aliphatic heterocycles. The van der Waals surface area contributed by atoms with Gasteiger partial charge in [-0.1, -0.05) is 147 Å². The van der Waals surface area contributed by atoms with Gasteiger partial charge in [0.25, 0.3) is 0 Å². The molecule has 0 saturated heterocycles. The molecule has 2 heteroatoms. The van der Waals surface area contributed by atoms with Gasteiger partial charge in [-0.25, -0.2) is 4.79 Å². The van der Waals surface area contributed by atoms with E-state index in [0.717, 1.165) is 17.2 Å². The predicted molar refractivity (Wildman–Crippen MR) is 212 cm³/mol. The summed E-state index contributed by atoms with van der Waals surface area (Å²) in [6.07, 6.45) is 6.10. The van der Waals surface area contributed by atoms with Gasteiger partial charge in [0.05, 0.1) is 5.56 Å². The second-order valence-corrected chi connectivity index (χ2v) is 17.8. The highest BCUT2D eigenvalue weighted by atomic mass is 16.4. The van der Waals surface area contributed by atoms with Gasteiger partial charge in [0, 0.05) is 0 Å². The van der Waals surface area contributed by atoms with Crippen molar-refractivity contribution < 1.29 is 9.90 Å². The van der Waals surface area contributed by atoms with Crippen LogP contribution in [0.4, 0.5) is 0 Å². The molecule has 1 atom stereocenters. The summed E-state index contributed by atoms with van der Waals surface area (Å²) in [4.78, 5) is 11.2. The van der Waals surface area contributed by atoms with E-state index in [4.69, 9.17) is 0 Å². The van der Waals surface area contributed by atoms with Crippen LogP contribution in [-0.2, 0) is 28.1 Å². The molecule has 5 aromatic rings. The maximum atomic E-state index is 11.2. The topological polar surface area (TPSA) is 37.3 Å². The third kappa shape index (κ3) is 7.18. The molecule has 260 valence electrons. The van der Waals surface area contributed by atoms with Crippen LogP contribution in [-0.4, -0.2) is 11.1 Å². The van der Waals surface area contributed by atoms with Crippen molar-refractivity contribution >= 4 is 16.7 Å². The Bertz CT molecular complexity index is 2030. The van der Waals surface area contributed by atoms with Crippen molar-refractivity contribution in [3.8, 4) is 11.1 Å². The molecular formula is C48H56O2. The van der Waals surface area contributed by atoms with Gasteiger partial charge >= 0.3 is 5.97 Å². The summed E-state index contributed by atoms with van der Waals surface area (Å²) in [6.45, 7) is 21.3. The first-order valence-electron chi connectivity index (χ1n) is 18.6. The van der Waals surface area contributed by atoms with E-state index < -0.39 is 5.97 Å². The number of aromatic carboxylic acids is 1. The van der Waals surface area contributed by atoms with Crippen LogP contribution in [0.15, 0.2) is 103 Å². The monoisotopic (exact) mass is 664 g/mol. The first kappa shape index (κ1) is 35.6. The zero-order chi connectivity index (χ0) is 36.1. The van der Waals surface area contributed by atoms with Gasteiger partial charge in [0.2, 0.25) is 0 Å². The second-order valence-electron chi connectivity index (χ2n) is 17.8. The summed E-state index contributed by atoms with van der Waals surface area (Å²) in [6, 6.07) is 36.6. The van der Waals surface area contributed by atoms with Crippen LogP contribution < -0.4 is 0 Å². The van der Waals surface area contributed by atoms with Crippen molar-refractivity contribution in [2.75, 3.05) is 0 Å². The quantitative estimate of drug-likeness (QED) is 0.203. The Kier molecular flexibility index (Phi) is 9.40. The standard InChI is InChI=1S/C25H26O2.C23H30/c1-24(2)11-12-25(3,4)22-15-19(9-10-21(22)24)17-5-6-18-14-20(23(26)27)8-7-16(18)13-17;1-17(15-18-9-7-6-8-10-18)19-11-12-20-21(16-19)23(4,5)14-13-22(20,2)3/h5-10,13-15H,11-12H2,1-4H3,(H,26,27);6-12,16-17H,13-15H2,1-5H3. The average Bonchev–Trinajstić information content (AvgIpc) is 3.09. The molecule has 1 N–H and O–H groups in total. The summed E-state index contributed by atoms with van der Waals surface area (Å²) in [5.74, 6) is -0.330. The molecule has 1 unspecified atom stereocenters. The lowest BCUT2D eigenvalue weighted by atomic mass is 9.62. The lowest BCUT2D eigenvalue weighted by Gasteiger charge is -2.42. The summed E-state index contributed by atoms with van der Waals surface area (Å²) in [7, 11) is 0. The summed E-state index contributed by atoms with van der Waals surface area (Å²) in [5, 5.41) is 11.2. The Labute approximate surface area is 301 Å². The second kappa shape index (κ2) is 13.2. The number of benzene rings is 5. The SMILES string of the molecule is CC(Cc1ccccc1)c1ccc2c(c1)C(C)(C)CCC2(C)C.CC1(C)CCC(C)(C)c2cc(-c3ccc4cc(C(=O)O)ccc4c3)ccc21. The van der Waals surface area contributed by atoms with Crippen LogP contribution in [0.3, 0.4) is 0 Å². The van der Waals surface area contributed by atoms with Crippen molar-refractivity contribution in [1.29, 1.82) is 0 Å². The number of carboxylic acids is 1. The molecule has 7 rings (SSSR count). The molecule has 0 amide bonds. The van der Waals surface area contributed by atoms with E-state index in [0.29, 0.717) is 22.3 Å². The van der Waals surface area contributed by atoms with Crippen molar-refractivity contribution in [2.24, 2.45) is 0 Å². The number of fused-ring (bicyclic) bond motifs is 3. The fourth-order valence-corrected chi connectivity index (χ4v) is 8.32. The van der Waals surface area contributed by atoms with Gasteiger partial charge in [0.15, 0.2) is 0 Å². The van der Waals surface area contributed by atoms with Crippen molar-refractivity contribution in [1.82, 2.24) is 0 Å². The number of carboxylic acid groups (broad SMARTS) is 1. The lowest BCUT2D eigenvalue weighted by Crippen LogP contribution is -2.34. The van der Waals surface area contributed by atoms with Crippen LogP contribution in [0, 0.1) is 0 Å². The zero-order valence-corrected chi connectivity index (χ0v) is 31.8. The Morgan fingerprint density at radius 3 is 1.64 bits per heavy atom. The molecule has 0 aromatic heterocycles. The largest absolute Gasteiger partial charge is 0.478 e. The highest BCUT2D eigenvalue weighted by Crippen LogP contribution is 2.48. The van der Waals surface area contributed by atoms with Crippen LogP contribution in [0.2, 0.25) is 0 Å². The number of hydrogen-bond donors (Lipinski definition) is 1. The van der Waals surface area contributed by atoms with Crippen LogP contribution in [0.5, 0.6) is 0 Å². The van der Waals surface area contributed by atoms with E-state index in [2.05, 4.69) is 141 Å². The van der Waals surface area contributed by atoms with E-state index in [9.17, 15) is 9.90 Å². The molecule has 0 saturated carbocycles. The lowest BCUT2D eigenvalue weighted by molar-refractivity contribution is 0.0697. The first-order chi connectivity index (χ1) is 23.5. The summed E-state index contributed by atoms with van der Waals surface area (Å²) < 4.78 is 0. The highest BCUT2D eigenvalue weighted by molar-refractivity contribution is 5.95. The Morgan fingerprint density at radius 2 is 1.04 bits per heavy atom. The molecule has 2 nitrogen and oxygen atoms in total. The molecule has 0 heterocycles. The molecule has 0 radical (unpaired) electrons. The van der Waals surface area contributed by atoms with Gasteiger partial charge in [0.1, 0.15) is 0 Å². The van der Waals surface area contributed by atoms with E-state index in [1.54, 1.807) is 23.3 Å². The predicted octanol–water partition coefficient (Wildman–Crippen LogP) is 12.9. The number of hydrogen-bond acceptors (Lipinski definition) is 1. The Hall–Kier alpha value is -4.17. The van der Waals surface area contributed by atoms with Crippen LogP contribution in [0.25, 0.3) is 21.9 Å². The molecule has 2 aliphatic carbocycles. The minimum absolute atomic E-state index is 0.189. The maximum absolute atomic E-state index is 11.2. The molecular weight excluding hydrogens is 609 g/mol. The van der Waals surface area contributed by atoms with Gasteiger partial charge in [-0.05, 0) is 133 Å². The zero-order valence-electron chi connectivity index (χ0n) is 31.8. The minimum Gasteiger partial charge on any atom is -0.478 e. The van der Waals surface area contributed by atoms with Crippen molar-refractivity contribution in [2.45, 2.75) is 122 Å². The fraction of sp³-hybridized carbons (Fsp3) is 0.396. The third-order valence-corrected chi connectivity index (χ3v) is 12.1. The minimum atomic E-state index is -0.888. The van der Waals surface area contributed by atoms with E-state index in [-0.39, 0.29) is 10.8 Å². The van der Waals surface area contributed by atoms with Gasteiger partial charge in [-0.3, -0.25) is 0 Å². The smallest absolute Gasteiger partial charge is 0.335 e. The van der Waals surface area contributed by atoms with Crippen LogP contribution in [0.1, 0.15) is 138 Å². The third-order valence-electron chi connectivity index (χ3n) is 12.1. The summed E-state index contributed by atoms with van der Waals surface area (Å²) >= 11 is 0. The Balaban J connectivity index is 0.000000175. The molecule has 2 aliphatic rings. The summed E-state index contributed by atoms with van der Waals surface area (Å²) in [5.41, 5.74) is 12.7. The number of rotatable bonds is 5. The Morgan fingerprint density at radius 1 is 0.560 bits per heavy atom. The fourth-order valence-electron chi connectivity index (χ4n) is 8.32. The van der Waals surface area contributed by atoms with Gasteiger partial charge in [-0.15, -0.1) is 0 Å². The molecule has 50 heavy (non-hydrogen) atoms. The van der Waals surface area contributed by atoms with E-state index >= 15 is 0 Å².